The SMILES string of the molecule is CC(=O)O[C@@H]1[C@@H](CCOC=O)OC(n2cnc3c(Cl)nc(N)nc32)[C@@H]1OC(C)=O. The zero-order valence-electron chi connectivity index (χ0n) is 15.5. The normalized spacial score (nSPS) is 23.7. The number of fused-ring (bicyclic) bond motifs is 1. The van der Waals surface area contributed by atoms with Crippen molar-refractivity contribution in [3.63, 3.8) is 0 Å². The molecule has 4 atom stereocenters. The second-order valence-electron chi connectivity index (χ2n) is 6.17. The first-order valence-electron chi connectivity index (χ1n) is 8.52. The van der Waals surface area contributed by atoms with Crippen molar-refractivity contribution >= 4 is 47.1 Å². The van der Waals surface area contributed by atoms with Crippen LogP contribution in [0.5, 0.6) is 0 Å². The quantitative estimate of drug-likeness (QED) is 0.214. The zero-order valence-corrected chi connectivity index (χ0v) is 16.2. The van der Waals surface area contributed by atoms with E-state index in [1.165, 1.54) is 24.7 Å². The van der Waals surface area contributed by atoms with E-state index in [1.807, 2.05) is 0 Å². The summed E-state index contributed by atoms with van der Waals surface area (Å²) in [5.74, 6) is -1.29. The predicted octanol–water partition coefficient (Wildman–Crippen LogP) is 0.386. The van der Waals surface area contributed by atoms with Crippen LogP contribution in [0, 0.1) is 0 Å². The number of nitrogen functional groups attached to an aromatic ring is 1. The van der Waals surface area contributed by atoms with Gasteiger partial charge in [0.05, 0.1) is 12.9 Å². The average Bonchev–Trinajstić information content (AvgIpc) is 3.17. The second-order valence-corrected chi connectivity index (χ2v) is 6.52. The molecular weight excluding hydrogens is 410 g/mol. The van der Waals surface area contributed by atoms with Gasteiger partial charge >= 0.3 is 11.9 Å². The average molecular weight is 428 g/mol. The fraction of sp³-hybridized carbons (Fsp3) is 0.500. The van der Waals surface area contributed by atoms with Gasteiger partial charge in [-0.05, 0) is 0 Å². The smallest absolute Gasteiger partial charge is 0.303 e. The highest BCUT2D eigenvalue weighted by atomic mass is 35.5. The summed E-state index contributed by atoms with van der Waals surface area (Å²) in [6, 6.07) is 0. The minimum absolute atomic E-state index is 0.0110. The van der Waals surface area contributed by atoms with E-state index in [2.05, 4.69) is 15.0 Å². The fourth-order valence-corrected chi connectivity index (χ4v) is 3.35. The van der Waals surface area contributed by atoms with Gasteiger partial charge in [0.1, 0.15) is 11.6 Å². The van der Waals surface area contributed by atoms with Gasteiger partial charge < -0.3 is 24.7 Å². The number of anilines is 1. The van der Waals surface area contributed by atoms with Crippen LogP contribution in [0.1, 0.15) is 26.5 Å². The third-order valence-corrected chi connectivity index (χ3v) is 4.41. The Morgan fingerprint density at radius 1 is 1.28 bits per heavy atom. The summed E-state index contributed by atoms with van der Waals surface area (Å²) in [5.41, 5.74) is 6.19. The molecule has 156 valence electrons. The number of carbonyl (C=O) groups excluding carboxylic acids is 3. The maximum absolute atomic E-state index is 11.7. The van der Waals surface area contributed by atoms with E-state index in [0.717, 1.165) is 0 Å². The molecule has 29 heavy (non-hydrogen) atoms. The van der Waals surface area contributed by atoms with Gasteiger partial charge in [-0.15, -0.1) is 0 Å². The van der Waals surface area contributed by atoms with Crippen LogP contribution in [0.25, 0.3) is 11.2 Å². The lowest BCUT2D eigenvalue weighted by molar-refractivity contribution is -0.165. The molecule has 0 aliphatic carbocycles. The number of carbonyl (C=O) groups is 3. The molecular formula is C16H18ClN5O7. The Morgan fingerprint density at radius 2 is 1.97 bits per heavy atom. The molecule has 0 spiro atoms. The van der Waals surface area contributed by atoms with Crippen molar-refractivity contribution in [3.8, 4) is 0 Å². The lowest BCUT2D eigenvalue weighted by atomic mass is 10.1. The number of hydrogen-bond acceptors (Lipinski definition) is 11. The fourth-order valence-electron chi connectivity index (χ4n) is 3.13. The van der Waals surface area contributed by atoms with Crippen LogP contribution in [-0.2, 0) is 33.3 Å². The number of esters is 2. The summed E-state index contributed by atoms with van der Waals surface area (Å²) in [6.07, 6.45) is -2.11. The largest absolute Gasteiger partial charge is 0.468 e. The molecule has 2 aromatic heterocycles. The van der Waals surface area contributed by atoms with Crippen molar-refractivity contribution in [2.45, 2.75) is 44.8 Å². The lowest BCUT2D eigenvalue weighted by Crippen LogP contribution is -2.39. The summed E-state index contributed by atoms with van der Waals surface area (Å²) in [5, 5.41) is 0.0424. The summed E-state index contributed by atoms with van der Waals surface area (Å²) in [6.45, 7) is 2.74. The van der Waals surface area contributed by atoms with E-state index in [-0.39, 0.29) is 35.3 Å². The van der Waals surface area contributed by atoms with Crippen LogP contribution in [0.2, 0.25) is 5.15 Å². The summed E-state index contributed by atoms with van der Waals surface area (Å²) < 4.78 is 22.9. The van der Waals surface area contributed by atoms with E-state index in [1.54, 1.807) is 0 Å². The highest BCUT2D eigenvalue weighted by Crippen LogP contribution is 2.37. The first-order chi connectivity index (χ1) is 13.8. The number of halogens is 1. The van der Waals surface area contributed by atoms with Gasteiger partial charge in [-0.1, -0.05) is 11.6 Å². The molecule has 1 aliphatic rings. The molecule has 3 heterocycles. The Labute approximate surface area is 169 Å². The molecule has 0 saturated carbocycles. The zero-order chi connectivity index (χ0) is 21.1. The Bertz CT molecular complexity index is 936. The molecule has 13 heteroatoms. The highest BCUT2D eigenvalue weighted by Gasteiger charge is 2.50. The van der Waals surface area contributed by atoms with Gasteiger partial charge in [-0.3, -0.25) is 19.0 Å². The number of rotatable bonds is 7. The minimum Gasteiger partial charge on any atom is -0.468 e. The third kappa shape index (κ3) is 4.38. The van der Waals surface area contributed by atoms with Gasteiger partial charge in [0.15, 0.2) is 29.2 Å². The van der Waals surface area contributed by atoms with Crippen LogP contribution in [0.15, 0.2) is 6.33 Å². The Balaban J connectivity index is 2.02. The van der Waals surface area contributed by atoms with Gasteiger partial charge in [-0.2, -0.15) is 9.97 Å². The third-order valence-electron chi connectivity index (χ3n) is 4.15. The molecule has 2 N–H and O–H groups in total. The Morgan fingerprint density at radius 3 is 2.62 bits per heavy atom. The number of ether oxygens (including phenoxy) is 4. The van der Waals surface area contributed by atoms with Crippen LogP contribution >= 0.6 is 11.6 Å². The molecule has 3 rings (SSSR count). The second kappa shape index (κ2) is 8.57. The van der Waals surface area contributed by atoms with Crippen molar-refractivity contribution in [2.75, 3.05) is 12.3 Å². The number of imidazole rings is 1. The maximum Gasteiger partial charge on any atom is 0.303 e. The van der Waals surface area contributed by atoms with E-state index >= 15 is 0 Å². The molecule has 1 saturated heterocycles. The first kappa shape index (κ1) is 20.7. The molecule has 1 unspecified atom stereocenters. The van der Waals surface area contributed by atoms with Crippen LogP contribution in [0.3, 0.4) is 0 Å². The van der Waals surface area contributed by atoms with Gasteiger partial charge in [0, 0.05) is 20.3 Å². The maximum atomic E-state index is 11.7. The number of nitrogens with two attached hydrogens (primary N) is 1. The van der Waals surface area contributed by atoms with Gasteiger partial charge in [0.2, 0.25) is 5.95 Å². The molecule has 0 bridgehead atoms. The summed E-state index contributed by atoms with van der Waals surface area (Å²) in [7, 11) is 0. The number of hydrogen-bond donors (Lipinski definition) is 1. The molecule has 0 aromatic carbocycles. The van der Waals surface area contributed by atoms with E-state index in [0.29, 0.717) is 6.47 Å². The molecule has 0 amide bonds. The van der Waals surface area contributed by atoms with Crippen molar-refractivity contribution in [2.24, 2.45) is 0 Å². The lowest BCUT2D eigenvalue weighted by Gasteiger charge is -2.23. The minimum atomic E-state index is -1.02. The number of nitrogens with zero attached hydrogens (tertiary/aromatic N) is 4. The van der Waals surface area contributed by atoms with Crippen LogP contribution in [-0.4, -0.2) is 62.8 Å². The molecule has 0 radical (unpaired) electrons. The molecule has 1 fully saturated rings. The van der Waals surface area contributed by atoms with Crippen LogP contribution < -0.4 is 5.73 Å². The highest BCUT2D eigenvalue weighted by molar-refractivity contribution is 6.33. The topological polar surface area (TPSA) is 158 Å². The monoisotopic (exact) mass is 427 g/mol. The van der Waals surface area contributed by atoms with Crippen molar-refractivity contribution < 1.29 is 33.3 Å². The molecule has 1 aliphatic heterocycles. The van der Waals surface area contributed by atoms with E-state index in [4.69, 9.17) is 36.3 Å². The van der Waals surface area contributed by atoms with Crippen LogP contribution in [0.4, 0.5) is 5.95 Å². The predicted molar refractivity (Wildman–Crippen MR) is 96.4 cm³/mol. The number of aromatic nitrogens is 4. The first-order valence-corrected chi connectivity index (χ1v) is 8.90. The van der Waals surface area contributed by atoms with Crippen molar-refractivity contribution in [3.05, 3.63) is 11.5 Å². The summed E-state index contributed by atoms with van der Waals surface area (Å²) in [4.78, 5) is 45.9. The van der Waals surface area contributed by atoms with Crippen molar-refractivity contribution in [1.82, 2.24) is 19.5 Å². The van der Waals surface area contributed by atoms with E-state index < -0.39 is 36.5 Å². The molecule has 2 aromatic rings. The Kier molecular flexibility index (Phi) is 6.13. The van der Waals surface area contributed by atoms with Crippen molar-refractivity contribution in [1.29, 1.82) is 0 Å². The van der Waals surface area contributed by atoms with E-state index in [9.17, 15) is 14.4 Å². The molecule has 12 nitrogen and oxygen atoms in total. The standard InChI is InChI=1S/C16H18ClN5O7/c1-7(24)27-11-9(3-4-26-6-23)29-15(12(11)28-8(2)25)22-5-19-10-13(17)20-16(18)21-14(10)22/h5-6,9,11-12,15H,3-4H2,1-2H3,(H2,18,20,21)/t9-,11-,12-,15?/m1/s1. The Hall–Kier alpha value is -2.99. The van der Waals surface area contributed by atoms with Gasteiger partial charge in [0.25, 0.3) is 6.47 Å². The van der Waals surface area contributed by atoms with Gasteiger partial charge in [-0.25, -0.2) is 4.98 Å². The summed E-state index contributed by atoms with van der Waals surface area (Å²) >= 11 is 6.06.